The van der Waals surface area contributed by atoms with Crippen molar-refractivity contribution >= 4 is 0 Å². The quantitative estimate of drug-likeness (QED) is 0.152. The predicted molar refractivity (Wildman–Crippen MR) is 266 cm³/mol. The first-order valence-corrected chi connectivity index (χ1v) is 27.8. The molecule has 0 spiro atoms. The molecule has 0 saturated heterocycles. The second-order valence-electron chi connectivity index (χ2n) is 25.8. The molecular formula is C59H104O4. The number of hydrogen-bond donors (Lipinski definition) is 3. The molecule has 0 aromatic heterocycles. The maximum Gasteiger partial charge on any atom is 0.0701 e. The van der Waals surface area contributed by atoms with Crippen LogP contribution < -0.4 is 0 Å². The Morgan fingerprint density at radius 3 is 1.44 bits per heavy atom. The van der Waals surface area contributed by atoms with Crippen LogP contribution in [0.5, 0.6) is 0 Å². The van der Waals surface area contributed by atoms with Crippen molar-refractivity contribution < 1.29 is 20.1 Å². The summed E-state index contributed by atoms with van der Waals surface area (Å²) in [5.74, 6) is 12.2. The summed E-state index contributed by atoms with van der Waals surface area (Å²) >= 11 is 0. The maximum absolute atomic E-state index is 9.14. The first kappa shape index (κ1) is 51.7. The molecule has 364 valence electrons. The van der Waals surface area contributed by atoms with Crippen molar-refractivity contribution in [1.82, 2.24) is 0 Å². The summed E-state index contributed by atoms with van der Waals surface area (Å²) in [5.41, 5.74) is 5.75. The molecule has 8 rings (SSSR count). The van der Waals surface area contributed by atoms with E-state index in [1.54, 1.807) is 5.57 Å². The summed E-state index contributed by atoms with van der Waals surface area (Å²) in [6.45, 7) is 28.3. The molecule has 0 heterocycles. The van der Waals surface area contributed by atoms with Crippen molar-refractivity contribution in [3.05, 3.63) is 23.3 Å². The third-order valence-electron chi connectivity index (χ3n) is 21.4. The van der Waals surface area contributed by atoms with Crippen molar-refractivity contribution in [2.75, 3.05) is 26.4 Å². The Labute approximate surface area is 390 Å². The highest BCUT2D eigenvalue weighted by Crippen LogP contribution is 2.69. The Morgan fingerprint density at radius 2 is 1.00 bits per heavy atom. The standard InChI is InChI=1S/C29H50O2.C28H48.C2H6O2/c1-20(2)7-6-8-21(3)25-11-12-26-24-10-9-22-19-23(31-18-17-30)13-15-28(22,4)27(24)14-16-29(25,26)5;1-19(2)8-7-9-21(4)24-12-13-25-23-11-10-22-18-20(3)14-16-27(22,5)26(23)15-17-28(24,25)6;3-1-2-4/h9,20-21,23-27,30H,6-8,10-19H2,1-5H3;10,19-21,23-26H,7-9,11-18H2,1-6H3;3-4H,1-2H2/t21-,23+,24+,25-,26+,27+,28+,29-;20-,21+,23-,24+,25-,26-,27-,28+;/m10./s1. The second-order valence-corrected chi connectivity index (χ2v) is 25.8. The molecule has 3 N–H and O–H groups in total. The topological polar surface area (TPSA) is 69.9 Å². The van der Waals surface area contributed by atoms with Gasteiger partial charge in [-0.1, -0.05) is 138 Å². The number of aliphatic hydroxyl groups excluding tert-OH is 3. The summed E-state index contributed by atoms with van der Waals surface area (Å²) in [6.07, 6.45) is 37.0. The third kappa shape index (κ3) is 11.0. The molecule has 8 aliphatic rings. The zero-order chi connectivity index (χ0) is 45.7. The summed E-state index contributed by atoms with van der Waals surface area (Å²) in [6, 6.07) is 0. The van der Waals surface area contributed by atoms with Gasteiger partial charge in [0.05, 0.1) is 32.5 Å². The number of ether oxygens (including phenoxy) is 1. The average Bonchev–Trinajstić information content (AvgIpc) is 3.80. The van der Waals surface area contributed by atoms with Crippen LogP contribution in [0.4, 0.5) is 0 Å². The van der Waals surface area contributed by atoms with E-state index in [2.05, 4.69) is 88.3 Å². The molecule has 4 nitrogen and oxygen atoms in total. The fourth-order valence-corrected chi connectivity index (χ4v) is 17.9. The van der Waals surface area contributed by atoms with Gasteiger partial charge in [-0.25, -0.2) is 0 Å². The minimum atomic E-state index is -0.125. The molecule has 0 radical (unpaired) electrons. The fraction of sp³-hybridized carbons (Fsp3) is 0.932. The lowest BCUT2D eigenvalue weighted by Crippen LogP contribution is -2.51. The molecule has 0 aromatic carbocycles. The molecule has 0 aromatic rings. The van der Waals surface area contributed by atoms with Crippen LogP contribution in [-0.4, -0.2) is 47.9 Å². The van der Waals surface area contributed by atoms with Crippen molar-refractivity contribution in [3.8, 4) is 0 Å². The van der Waals surface area contributed by atoms with Gasteiger partial charge in [0.25, 0.3) is 0 Å². The average molecular weight is 877 g/mol. The largest absolute Gasteiger partial charge is 0.394 e. The molecule has 6 saturated carbocycles. The lowest BCUT2D eigenvalue weighted by molar-refractivity contribution is -0.0658. The Hall–Kier alpha value is -0.680. The molecule has 4 heteroatoms. The molecule has 0 unspecified atom stereocenters. The van der Waals surface area contributed by atoms with E-state index >= 15 is 0 Å². The molecule has 6 fully saturated rings. The van der Waals surface area contributed by atoms with E-state index < -0.39 is 0 Å². The van der Waals surface area contributed by atoms with E-state index in [4.69, 9.17) is 20.1 Å². The maximum atomic E-state index is 9.14. The molecular weight excluding hydrogens is 773 g/mol. The van der Waals surface area contributed by atoms with E-state index in [1.165, 1.54) is 135 Å². The zero-order valence-corrected chi connectivity index (χ0v) is 43.4. The van der Waals surface area contributed by atoms with Crippen molar-refractivity contribution in [2.45, 2.75) is 224 Å². The van der Waals surface area contributed by atoms with Crippen LogP contribution in [0.3, 0.4) is 0 Å². The van der Waals surface area contributed by atoms with Gasteiger partial charge in [-0.2, -0.15) is 0 Å². The predicted octanol–water partition coefficient (Wildman–Crippen LogP) is 15.0. The molecule has 16 atom stereocenters. The van der Waals surface area contributed by atoms with Crippen LogP contribution in [0.25, 0.3) is 0 Å². The van der Waals surface area contributed by atoms with Crippen LogP contribution in [0.15, 0.2) is 23.3 Å². The van der Waals surface area contributed by atoms with Crippen LogP contribution in [-0.2, 0) is 4.74 Å². The molecule has 8 aliphatic carbocycles. The van der Waals surface area contributed by atoms with Gasteiger partial charge in [0.1, 0.15) is 0 Å². The van der Waals surface area contributed by atoms with E-state index in [-0.39, 0.29) is 19.8 Å². The first-order chi connectivity index (χ1) is 30.0. The minimum absolute atomic E-state index is 0.125. The Kier molecular flexibility index (Phi) is 18.2. The van der Waals surface area contributed by atoms with E-state index in [1.807, 2.05) is 5.57 Å². The van der Waals surface area contributed by atoms with Crippen molar-refractivity contribution in [3.63, 3.8) is 0 Å². The van der Waals surface area contributed by atoms with Crippen molar-refractivity contribution in [2.24, 2.45) is 98.6 Å². The van der Waals surface area contributed by atoms with Gasteiger partial charge in [0.2, 0.25) is 0 Å². The highest BCUT2D eigenvalue weighted by atomic mass is 16.5. The molecule has 63 heavy (non-hydrogen) atoms. The second kappa shape index (κ2) is 22.2. The molecule has 0 bridgehead atoms. The number of aliphatic hydroxyl groups is 3. The summed E-state index contributed by atoms with van der Waals surface area (Å²) in [7, 11) is 0. The van der Waals surface area contributed by atoms with Crippen LogP contribution in [0, 0.1) is 98.6 Å². The number of rotatable bonds is 14. The van der Waals surface area contributed by atoms with Gasteiger partial charge in [0.15, 0.2) is 0 Å². The normalized spacial score (nSPS) is 42.4. The summed E-state index contributed by atoms with van der Waals surface area (Å²) in [4.78, 5) is 0. The number of fused-ring (bicyclic) bond motifs is 10. The third-order valence-corrected chi connectivity index (χ3v) is 21.4. The Morgan fingerprint density at radius 1 is 0.540 bits per heavy atom. The van der Waals surface area contributed by atoms with Crippen LogP contribution >= 0.6 is 0 Å². The van der Waals surface area contributed by atoms with Gasteiger partial charge in [-0.15, -0.1) is 0 Å². The molecule has 0 aliphatic heterocycles. The van der Waals surface area contributed by atoms with Gasteiger partial charge in [0, 0.05) is 0 Å². The fourth-order valence-electron chi connectivity index (χ4n) is 17.9. The first-order valence-electron chi connectivity index (χ1n) is 27.8. The summed E-state index contributed by atoms with van der Waals surface area (Å²) in [5, 5.41) is 24.4. The Bertz CT molecular complexity index is 1480. The Balaban J connectivity index is 0.000000194. The van der Waals surface area contributed by atoms with Gasteiger partial charge in [-0.05, 0) is 201 Å². The van der Waals surface area contributed by atoms with Crippen LogP contribution in [0.1, 0.15) is 217 Å². The lowest BCUT2D eigenvalue weighted by atomic mass is 9.46. The number of hydrogen-bond acceptors (Lipinski definition) is 4. The number of allylic oxidation sites excluding steroid dienone is 3. The minimum Gasteiger partial charge on any atom is -0.394 e. The highest BCUT2D eigenvalue weighted by molar-refractivity contribution is 5.27. The molecule has 0 amide bonds. The summed E-state index contributed by atoms with van der Waals surface area (Å²) < 4.78 is 5.94. The lowest BCUT2D eigenvalue weighted by Gasteiger charge is -2.58. The highest BCUT2D eigenvalue weighted by Gasteiger charge is 2.60. The van der Waals surface area contributed by atoms with Gasteiger partial charge >= 0.3 is 0 Å². The monoisotopic (exact) mass is 877 g/mol. The smallest absolute Gasteiger partial charge is 0.0701 e. The van der Waals surface area contributed by atoms with Gasteiger partial charge < -0.3 is 20.1 Å². The van der Waals surface area contributed by atoms with Crippen LogP contribution in [0.2, 0.25) is 0 Å². The zero-order valence-electron chi connectivity index (χ0n) is 43.4. The van der Waals surface area contributed by atoms with E-state index in [9.17, 15) is 0 Å². The van der Waals surface area contributed by atoms with Gasteiger partial charge in [-0.3, -0.25) is 0 Å². The van der Waals surface area contributed by atoms with Crippen molar-refractivity contribution in [1.29, 1.82) is 0 Å². The van der Waals surface area contributed by atoms with E-state index in [0.717, 1.165) is 83.4 Å². The SMILES string of the molecule is CC(C)CCC[C@@H](C)[C@H]1CC[C@H]2[C@@H]3CC=C4C[C@@H](C)CC[C@]4(C)[C@H]3CC[C@]12C.CC(C)CCC[C@@H](C)[C@H]1CC[C@H]2[C@@H]3CC=C4C[C@@H](OCCO)CC[C@]4(C)[C@H]3CC[C@]12C.OCCO. The van der Waals surface area contributed by atoms with E-state index in [0.29, 0.717) is 34.4 Å².